The summed E-state index contributed by atoms with van der Waals surface area (Å²) in [6.45, 7) is 6.05. The Bertz CT molecular complexity index is 552. The maximum atomic E-state index is 12.2. The molecule has 0 aromatic heterocycles. The molecule has 1 aromatic carbocycles. The van der Waals surface area contributed by atoms with E-state index >= 15 is 0 Å². The van der Waals surface area contributed by atoms with E-state index < -0.39 is 23.7 Å². The van der Waals surface area contributed by atoms with Gasteiger partial charge in [-0.3, -0.25) is 4.90 Å². The number of carbonyl (C=O) groups is 2. The Labute approximate surface area is 136 Å². The number of nitrogens with zero attached hydrogens (tertiary/aromatic N) is 1. The molecule has 0 radical (unpaired) electrons. The van der Waals surface area contributed by atoms with Gasteiger partial charge in [0.15, 0.2) is 0 Å². The van der Waals surface area contributed by atoms with Gasteiger partial charge in [-0.2, -0.15) is 0 Å². The summed E-state index contributed by atoms with van der Waals surface area (Å²) in [7, 11) is 0. The molecule has 0 spiro atoms. The molecule has 0 aliphatic carbocycles. The number of carbonyl (C=O) groups excluding carboxylic acids is 1. The highest BCUT2D eigenvalue weighted by Crippen LogP contribution is 2.25. The Hall–Kier alpha value is -2.08. The molecule has 1 aromatic rings. The minimum Gasteiger partial charge on any atom is -0.480 e. The Morgan fingerprint density at radius 3 is 2.48 bits per heavy atom. The lowest BCUT2D eigenvalue weighted by molar-refractivity contribution is -0.142. The Morgan fingerprint density at radius 1 is 1.26 bits per heavy atom. The van der Waals surface area contributed by atoms with Gasteiger partial charge in [-0.05, 0) is 26.3 Å². The highest BCUT2D eigenvalue weighted by molar-refractivity contribution is 5.80. The maximum Gasteiger partial charge on any atom is 0.410 e. The molecule has 2 rings (SSSR count). The first kappa shape index (κ1) is 17.3. The molecule has 126 valence electrons. The lowest BCUT2D eigenvalue weighted by Crippen LogP contribution is -2.41. The van der Waals surface area contributed by atoms with Crippen LogP contribution in [-0.4, -0.2) is 46.4 Å². The van der Waals surface area contributed by atoms with Crippen LogP contribution >= 0.6 is 0 Å². The average Bonchev–Trinajstić information content (AvgIpc) is 2.88. The minimum absolute atomic E-state index is 0.118. The number of hydrogen-bond donors (Lipinski definition) is 1. The molecule has 23 heavy (non-hydrogen) atoms. The molecule has 2 atom stereocenters. The fourth-order valence-corrected chi connectivity index (χ4v) is 2.62. The molecular weight excluding hydrogens is 298 g/mol. The van der Waals surface area contributed by atoms with Crippen molar-refractivity contribution < 1.29 is 24.2 Å². The van der Waals surface area contributed by atoms with Gasteiger partial charge in [0.2, 0.25) is 0 Å². The molecular formula is C17H23NO5. The highest BCUT2D eigenvalue weighted by atomic mass is 16.6. The number of likely N-dealkylation sites (tertiary alicyclic amines) is 1. The Balaban J connectivity index is 1.97. The third-order valence-electron chi connectivity index (χ3n) is 3.51. The Morgan fingerprint density at radius 2 is 1.91 bits per heavy atom. The minimum atomic E-state index is -1.04. The molecule has 1 heterocycles. The van der Waals surface area contributed by atoms with Gasteiger partial charge >= 0.3 is 12.1 Å². The van der Waals surface area contributed by atoms with Gasteiger partial charge in [0.25, 0.3) is 0 Å². The monoisotopic (exact) mass is 321 g/mol. The summed E-state index contributed by atoms with van der Waals surface area (Å²) in [6.07, 6.45) is -0.658. The number of amides is 1. The predicted octanol–water partition coefficient (Wildman–Crippen LogP) is 2.67. The third-order valence-corrected chi connectivity index (χ3v) is 3.51. The fraction of sp³-hybridized carbons (Fsp3) is 0.529. The van der Waals surface area contributed by atoms with Gasteiger partial charge in [0.1, 0.15) is 12.6 Å². The van der Waals surface area contributed by atoms with E-state index in [9.17, 15) is 14.7 Å². The summed E-state index contributed by atoms with van der Waals surface area (Å²) < 4.78 is 11.0. The molecule has 0 unspecified atom stereocenters. The van der Waals surface area contributed by atoms with Crippen molar-refractivity contribution in [2.45, 2.75) is 51.5 Å². The molecule has 0 bridgehead atoms. The van der Waals surface area contributed by atoms with Gasteiger partial charge in [-0.1, -0.05) is 30.3 Å². The lowest BCUT2D eigenvalue weighted by atomic mass is 10.1. The second-order valence-electron chi connectivity index (χ2n) is 6.63. The van der Waals surface area contributed by atoms with E-state index in [4.69, 9.17) is 9.47 Å². The van der Waals surface area contributed by atoms with Gasteiger partial charge < -0.3 is 14.6 Å². The van der Waals surface area contributed by atoms with Crippen LogP contribution in [0.25, 0.3) is 0 Å². The molecule has 0 saturated carbocycles. The number of aliphatic carboxylic acids is 1. The molecule has 6 heteroatoms. The summed E-state index contributed by atoms with van der Waals surface area (Å²) in [5, 5.41) is 9.33. The summed E-state index contributed by atoms with van der Waals surface area (Å²) >= 11 is 0. The number of carboxylic acid groups (broad SMARTS) is 1. The zero-order valence-electron chi connectivity index (χ0n) is 13.7. The molecule has 1 fully saturated rings. The Kier molecular flexibility index (Phi) is 5.26. The zero-order valence-corrected chi connectivity index (χ0v) is 13.7. The van der Waals surface area contributed by atoms with Crippen molar-refractivity contribution >= 4 is 12.1 Å². The highest BCUT2D eigenvalue weighted by Gasteiger charge is 2.42. The van der Waals surface area contributed by atoms with E-state index in [-0.39, 0.29) is 25.7 Å². The van der Waals surface area contributed by atoms with Gasteiger partial charge in [0, 0.05) is 6.42 Å². The van der Waals surface area contributed by atoms with Crippen molar-refractivity contribution in [3.8, 4) is 0 Å². The van der Waals surface area contributed by atoms with Gasteiger partial charge in [-0.25, -0.2) is 9.59 Å². The number of rotatable bonds is 4. The molecule has 1 saturated heterocycles. The van der Waals surface area contributed by atoms with Crippen LogP contribution in [0.1, 0.15) is 32.8 Å². The van der Waals surface area contributed by atoms with Crippen LogP contribution < -0.4 is 0 Å². The van der Waals surface area contributed by atoms with Crippen LogP contribution in [0.15, 0.2) is 30.3 Å². The molecule has 1 amide bonds. The van der Waals surface area contributed by atoms with Crippen molar-refractivity contribution in [3.05, 3.63) is 35.9 Å². The SMILES string of the molecule is CC(C)(C)O[C@H]1C[C@@H](C(=O)O)N(C(=O)OCc2ccccc2)C1. The number of benzene rings is 1. The van der Waals surface area contributed by atoms with E-state index in [1.165, 1.54) is 4.90 Å². The van der Waals surface area contributed by atoms with Crippen molar-refractivity contribution in [2.24, 2.45) is 0 Å². The number of hydrogen-bond acceptors (Lipinski definition) is 4. The molecule has 1 aliphatic rings. The first-order valence-corrected chi connectivity index (χ1v) is 7.64. The third kappa shape index (κ3) is 4.96. The quantitative estimate of drug-likeness (QED) is 0.922. The maximum absolute atomic E-state index is 12.2. The standard InChI is InChI=1S/C17H23NO5/c1-17(2,3)23-13-9-14(15(19)20)18(10-13)16(21)22-11-12-7-5-4-6-8-12/h4-8,13-14H,9-11H2,1-3H3,(H,19,20)/t13-,14-/m0/s1. The van der Waals surface area contributed by atoms with Gasteiger partial charge in [0.05, 0.1) is 18.2 Å². The first-order chi connectivity index (χ1) is 10.8. The summed E-state index contributed by atoms with van der Waals surface area (Å²) in [6, 6.07) is 8.36. The second-order valence-corrected chi connectivity index (χ2v) is 6.63. The summed E-state index contributed by atoms with van der Waals surface area (Å²) in [5.41, 5.74) is 0.465. The lowest BCUT2D eigenvalue weighted by Gasteiger charge is -2.24. The summed E-state index contributed by atoms with van der Waals surface area (Å²) in [5.74, 6) is -1.04. The fourth-order valence-electron chi connectivity index (χ4n) is 2.62. The smallest absolute Gasteiger partial charge is 0.410 e. The molecule has 6 nitrogen and oxygen atoms in total. The number of ether oxygens (including phenoxy) is 2. The molecule has 1 aliphatic heterocycles. The van der Waals surface area contributed by atoms with Crippen LogP contribution in [0.3, 0.4) is 0 Å². The van der Waals surface area contributed by atoms with Crippen molar-refractivity contribution in [2.75, 3.05) is 6.54 Å². The van der Waals surface area contributed by atoms with Crippen LogP contribution in [0.4, 0.5) is 4.79 Å². The second kappa shape index (κ2) is 7.00. The van der Waals surface area contributed by atoms with Crippen molar-refractivity contribution in [3.63, 3.8) is 0 Å². The number of carboxylic acids is 1. The van der Waals surface area contributed by atoms with Crippen LogP contribution in [0, 0.1) is 0 Å². The van der Waals surface area contributed by atoms with Crippen LogP contribution in [-0.2, 0) is 20.9 Å². The summed E-state index contributed by atoms with van der Waals surface area (Å²) in [4.78, 5) is 24.9. The van der Waals surface area contributed by atoms with Crippen molar-refractivity contribution in [1.29, 1.82) is 0 Å². The van der Waals surface area contributed by atoms with Gasteiger partial charge in [-0.15, -0.1) is 0 Å². The van der Waals surface area contributed by atoms with E-state index in [0.29, 0.717) is 0 Å². The normalized spacial score (nSPS) is 21.3. The zero-order chi connectivity index (χ0) is 17.0. The van der Waals surface area contributed by atoms with Crippen LogP contribution in [0.5, 0.6) is 0 Å². The van der Waals surface area contributed by atoms with Crippen LogP contribution in [0.2, 0.25) is 0 Å². The largest absolute Gasteiger partial charge is 0.480 e. The van der Waals surface area contributed by atoms with E-state index in [1.54, 1.807) is 0 Å². The predicted molar refractivity (Wildman–Crippen MR) is 84.0 cm³/mol. The average molecular weight is 321 g/mol. The van der Waals surface area contributed by atoms with Crippen molar-refractivity contribution in [1.82, 2.24) is 4.90 Å². The van der Waals surface area contributed by atoms with E-state index in [0.717, 1.165) is 5.56 Å². The first-order valence-electron chi connectivity index (χ1n) is 7.64. The van der Waals surface area contributed by atoms with E-state index in [2.05, 4.69) is 0 Å². The van der Waals surface area contributed by atoms with E-state index in [1.807, 2.05) is 51.1 Å². The molecule has 1 N–H and O–H groups in total. The topological polar surface area (TPSA) is 76.1 Å².